The third-order valence-electron chi connectivity index (χ3n) is 9.36. The van der Waals surface area contributed by atoms with Crippen LogP contribution in [0.3, 0.4) is 0 Å². The van der Waals surface area contributed by atoms with Crippen LogP contribution in [0.25, 0.3) is 0 Å². The Bertz CT molecular complexity index is 845. The first-order chi connectivity index (χ1) is 14.7. The van der Waals surface area contributed by atoms with E-state index in [1.54, 1.807) is 7.11 Å². The molecule has 4 rings (SSSR count). The summed E-state index contributed by atoms with van der Waals surface area (Å²) in [5.74, 6) is 0.288. The molecule has 2 fully saturated rings. The van der Waals surface area contributed by atoms with Crippen molar-refractivity contribution in [3.8, 4) is 0 Å². The van der Waals surface area contributed by atoms with Gasteiger partial charge < -0.3 is 14.6 Å². The molecule has 2 bridgehead atoms. The second-order valence-corrected chi connectivity index (χ2v) is 15.8. The SMILES string of the molecule is C=C[C@@]12CC[C@@H]([C@H](OCOC)[C@]1(O)C1=CCCC[C@H]1[Si](C)(C)c1ccccc1)C2(C)C. The Kier molecular flexibility index (Phi) is 5.92. The van der Waals surface area contributed by atoms with Crippen LogP contribution < -0.4 is 5.19 Å². The van der Waals surface area contributed by atoms with Gasteiger partial charge in [0.15, 0.2) is 0 Å². The maximum Gasteiger partial charge on any atom is 0.146 e. The summed E-state index contributed by atoms with van der Waals surface area (Å²) < 4.78 is 11.7. The highest BCUT2D eigenvalue weighted by Gasteiger charge is 2.76. The molecule has 170 valence electrons. The fourth-order valence-corrected chi connectivity index (χ4v) is 11.1. The quantitative estimate of drug-likeness (QED) is 0.349. The van der Waals surface area contributed by atoms with Gasteiger partial charge in [0.25, 0.3) is 0 Å². The van der Waals surface area contributed by atoms with E-state index in [9.17, 15) is 5.11 Å². The molecule has 0 radical (unpaired) electrons. The van der Waals surface area contributed by atoms with Gasteiger partial charge in [0.05, 0.1) is 14.2 Å². The molecule has 0 aliphatic heterocycles. The second-order valence-electron chi connectivity index (χ2n) is 11.0. The van der Waals surface area contributed by atoms with Crippen molar-refractivity contribution in [2.75, 3.05) is 13.9 Å². The van der Waals surface area contributed by atoms with Crippen molar-refractivity contribution in [2.45, 2.75) is 76.3 Å². The van der Waals surface area contributed by atoms with Crippen molar-refractivity contribution in [3.63, 3.8) is 0 Å². The average molecular weight is 441 g/mol. The summed E-state index contributed by atoms with van der Waals surface area (Å²) >= 11 is 0. The molecule has 1 aromatic rings. The summed E-state index contributed by atoms with van der Waals surface area (Å²) in [5.41, 5.74) is 0.114. The van der Waals surface area contributed by atoms with Crippen LogP contribution in [0.2, 0.25) is 18.6 Å². The van der Waals surface area contributed by atoms with Crippen LogP contribution in [0.1, 0.15) is 46.0 Å². The van der Waals surface area contributed by atoms with E-state index in [1.807, 2.05) is 0 Å². The van der Waals surface area contributed by atoms with Gasteiger partial charge in [-0.05, 0) is 54.6 Å². The number of allylic oxidation sites excluding steroid dienone is 1. The molecule has 0 amide bonds. The van der Waals surface area contributed by atoms with Crippen molar-refractivity contribution in [1.82, 2.24) is 0 Å². The highest BCUT2D eigenvalue weighted by Crippen LogP contribution is 2.74. The molecule has 4 heteroatoms. The number of hydrogen-bond acceptors (Lipinski definition) is 3. The number of benzene rings is 1. The van der Waals surface area contributed by atoms with Gasteiger partial charge in [-0.2, -0.15) is 0 Å². The zero-order valence-electron chi connectivity index (χ0n) is 20.0. The van der Waals surface area contributed by atoms with E-state index in [1.165, 1.54) is 17.2 Å². The normalized spacial score (nSPS) is 37.0. The summed E-state index contributed by atoms with van der Waals surface area (Å²) in [4.78, 5) is 0. The van der Waals surface area contributed by atoms with Gasteiger partial charge in [-0.1, -0.05) is 74.6 Å². The minimum Gasteiger partial charge on any atom is -0.382 e. The van der Waals surface area contributed by atoms with Crippen LogP contribution in [-0.2, 0) is 9.47 Å². The lowest BCUT2D eigenvalue weighted by atomic mass is 9.59. The molecular weight excluding hydrogens is 400 g/mol. The van der Waals surface area contributed by atoms with E-state index in [4.69, 9.17) is 9.47 Å². The summed E-state index contributed by atoms with van der Waals surface area (Å²) in [6, 6.07) is 11.0. The lowest BCUT2D eigenvalue weighted by Gasteiger charge is -2.53. The predicted molar refractivity (Wildman–Crippen MR) is 130 cm³/mol. The maximum atomic E-state index is 12.9. The summed E-state index contributed by atoms with van der Waals surface area (Å²) in [5, 5.41) is 14.3. The van der Waals surface area contributed by atoms with Crippen molar-refractivity contribution >= 4 is 13.3 Å². The Labute approximate surface area is 189 Å². The van der Waals surface area contributed by atoms with E-state index in [0.29, 0.717) is 5.54 Å². The first-order valence-corrected chi connectivity index (χ1v) is 15.0. The van der Waals surface area contributed by atoms with Crippen molar-refractivity contribution < 1.29 is 14.6 Å². The first kappa shape index (κ1) is 23.0. The number of methoxy groups -OCH3 is 1. The van der Waals surface area contributed by atoms with E-state index in [0.717, 1.165) is 25.7 Å². The number of aliphatic hydroxyl groups is 1. The molecule has 5 atom stereocenters. The van der Waals surface area contributed by atoms with Gasteiger partial charge in [-0.3, -0.25) is 0 Å². The highest BCUT2D eigenvalue weighted by molar-refractivity contribution is 6.91. The Balaban J connectivity index is 1.86. The monoisotopic (exact) mass is 440 g/mol. The summed E-state index contributed by atoms with van der Waals surface area (Å²) in [6.45, 7) is 14.1. The molecule has 0 unspecified atom stereocenters. The zero-order valence-corrected chi connectivity index (χ0v) is 21.0. The molecule has 0 saturated heterocycles. The van der Waals surface area contributed by atoms with Gasteiger partial charge in [-0.15, -0.1) is 6.58 Å². The third-order valence-corrected chi connectivity index (χ3v) is 13.5. The average Bonchev–Trinajstić information content (AvgIpc) is 3.12. The molecule has 1 aromatic carbocycles. The minimum atomic E-state index is -1.89. The van der Waals surface area contributed by atoms with E-state index >= 15 is 0 Å². The van der Waals surface area contributed by atoms with Gasteiger partial charge >= 0.3 is 0 Å². The standard InChI is InChI=1S/C27H40O3Si/c1-7-26-18-17-22(25(26,2)3)24(30-19-29-4)27(26,28)21-15-11-12-16-23(21)31(5,6)20-13-9-8-10-14-20/h7-10,13-15,22-24,28H,1,11-12,16-19H2,2-6H3/t22-,23+,24-,26-,27+/m0/s1. The van der Waals surface area contributed by atoms with Crippen molar-refractivity contribution in [3.05, 3.63) is 54.6 Å². The molecule has 0 spiro atoms. The first-order valence-electron chi connectivity index (χ1n) is 11.9. The second kappa shape index (κ2) is 7.98. The Morgan fingerprint density at radius 1 is 1.19 bits per heavy atom. The number of fused-ring (bicyclic) bond motifs is 2. The van der Waals surface area contributed by atoms with Crippen LogP contribution in [-0.4, -0.2) is 38.8 Å². The van der Waals surface area contributed by atoms with Crippen molar-refractivity contribution in [1.29, 1.82) is 0 Å². The molecule has 2 saturated carbocycles. The van der Waals surface area contributed by atoms with Crippen LogP contribution >= 0.6 is 0 Å². The summed E-state index contributed by atoms with van der Waals surface area (Å²) in [7, 11) is -0.225. The van der Waals surface area contributed by atoms with Gasteiger partial charge in [0.2, 0.25) is 0 Å². The van der Waals surface area contributed by atoms with Crippen LogP contribution in [0.4, 0.5) is 0 Å². The number of rotatable bonds is 7. The fourth-order valence-electron chi connectivity index (χ4n) is 7.59. The Morgan fingerprint density at radius 3 is 2.55 bits per heavy atom. The molecule has 0 heterocycles. The van der Waals surface area contributed by atoms with Crippen molar-refractivity contribution in [2.24, 2.45) is 16.7 Å². The predicted octanol–water partition coefficient (Wildman–Crippen LogP) is 5.42. The van der Waals surface area contributed by atoms with E-state index in [-0.39, 0.29) is 29.6 Å². The number of hydrogen-bond donors (Lipinski definition) is 1. The molecule has 3 nitrogen and oxygen atoms in total. The van der Waals surface area contributed by atoms with Gasteiger partial charge in [-0.25, -0.2) is 0 Å². The summed E-state index contributed by atoms with van der Waals surface area (Å²) in [6.07, 6.45) is 9.57. The van der Waals surface area contributed by atoms with E-state index < -0.39 is 13.7 Å². The molecule has 1 N–H and O–H groups in total. The lowest BCUT2D eigenvalue weighted by molar-refractivity contribution is -0.173. The largest absolute Gasteiger partial charge is 0.382 e. The fraction of sp³-hybridized carbons (Fsp3) is 0.630. The lowest BCUT2D eigenvalue weighted by Crippen LogP contribution is -2.60. The topological polar surface area (TPSA) is 38.7 Å². The molecule has 3 aliphatic carbocycles. The van der Waals surface area contributed by atoms with Crippen LogP contribution in [0, 0.1) is 16.7 Å². The number of ether oxygens (including phenoxy) is 2. The maximum absolute atomic E-state index is 12.9. The van der Waals surface area contributed by atoms with Gasteiger partial charge in [0.1, 0.15) is 12.4 Å². The zero-order chi connectivity index (χ0) is 22.5. The van der Waals surface area contributed by atoms with Crippen LogP contribution in [0.15, 0.2) is 54.6 Å². The smallest absolute Gasteiger partial charge is 0.146 e. The van der Waals surface area contributed by atoms with Gasteiger partial charge in [0, 0.05) is 12.5 Å². The molecular formula is C27H40O3Si. The Morgan fingerprint density at radius 2 is 1.90 bits per heavy atom. The molecule has 31 heavy (non-hydrogen) atoms. The molecule has 0 aromatic heterocycles. The third kappa shape index (κ3) is 3.02. The Hall–Kier alpha value is -1.20. The highest BCUT2D eigenvalue weighted by atomic mass is 28.3. The van der Waals surface area contributed by atoms with Crippen LogP contribution in [0.5, 0.6) is 0 Å². The van der Waals surface area contributed by atoms with E-state index in [2.05, 4.69) is 76.0 Å². The molecule has 3 aliphatic rings. The minimum absolute atomic E-state index is 0.0802.